The summed E-state index contributed by atoms with van der Waals surface area (Å²) in [6.07, 6.45) is 0. The number of rotatable bonds is 4. The van der Waals surface area contributed by atoms with Crippen LogP contribution in [0.15, 0.2) is 46.9 Å². The molecule has 1 N–H and O–H groups in total. The molecule has 0 atom stereocenters. The van der Waals surface area contributed by atoms with Crippen molar-refractivity contribution in [1.82, 2.24) is 5.32 Å². The molecule has 0 saturated heterocycles. The van der Waals surface area contributed by atoms with Crippen molar-refractivity contribution >= 4 is 22.6 Å². The predicted molar refractivity (Wildman–Crippen MR) is 84.0 cm³/mol. The molecule has 0 radical (unpaired) electrons. The Balaban J connectivity index is 1.98. The maximum atomic E-state index is 14.1. The summed E-state index contributed by atoms with van der Waals surface area (Å²) in [5, 5.41) is 4.58. The molecular formula is C17H15ClFNO. The van der Waals surface area contributed by atoms with E-state index in [1.165, 1.54) is 6.07 Å². The quantitative estimate of drug-likeness (QED) is 0.733. The van der Waals surface area contributed by atoms with Crippen LogP contribution in [0.2, 0.25) is 5.02 Å². The fourth-order valence-electron chi connectivity index (χ4n) is 2.27. The van der Waals surface area contributed by atoms with Gasteiger partial charge in [0.15, 0.2) is 5.58 Å². The summed E-state index contributed by atoms with van der Waals surface area (Å²) in [6, 6.07) is 12.6. The van der Waals surface area contributed by atoms with Gasteiger partial charge in [-0.05, 0) is 24.7 Å². The number of benzene rings is 2. The Morgan fingerprint density at radius 3 is 2.76 bits per heavy atom. The summed E-state index contributed by atoms with van der Waals surface area (Å²) < 4.78 is 19.8. The second-order valence-corrected chi connectivity index (χ2v) is 5.26. The lowest BCUT2D eigenvalue weighted by atomic mass is 10.1. The van der Waals surface area contributed by atoms with Crippen LogP contribution in [-0.4, -0.2) is 6.54 Å². The molecule has 0 aliphatic heterocycles. The van der Waals surface area contributed by atoms with Gasteiger partial charge < -0.3 is 9.73 Å². The first-order chi connectivity index (χ1) is 10.2. The van der Waals surface area contributed by atoms with Gasteiger partial charge in [-0.15, -0.1) is 0 Å². The van der Waals surface area contributed by atoms with E-state index in [0.717, 1.165) is 11.9 Å². The van der Waals surface area contributed by atoms with Gasteiger partial charge in [0.05, 0.1) is 5.02 Å². The zero-order valence-corrected chi connectivity index (χ0v) is 12.4. The molecular weight excluding hydrogens is 289 g/mol. The Kier molecular flexibility index (Phi) is 3.95. The van der Waals surface area contributed by atoms with Crippen LogP contribution in [0.5, 0.6) is 0 Å². The van der Waals surface area contributed by atoms with Crippen LogP contribution in [0.25, 0.3) is 22.3 Å². The van der Waals surface area contributed by atoms with Crippen molar-refractivity contribution in [3.05, 3.63) is 58.9 Å². The van der Waals surface area contributed by atoms with Crippen LogP contribution < -0.4 is 5.32 Å². The fraction of sp³-hybridized carbons (Fsp3) is 0.176. The summed E-state index contributed by atoms with van der Waals surface area (Å²) in [5.41, 5.74) is 1.99. The number of para-hydroxylation sites is 1. The molecule has 0 aliphatic rings. The van der Waals surface area contributed by atoms with Crippen LogP contribution in [-0.2, 0) is 6.54 Å². The number of hydrogen-bond donors (Lipinski definition) is 1. The van der Waals surface area contributed by atoms with E-state index in [1.54, 1.807) is 12.1 Å². The van der Waals surface area contributed by atoms with Crippen LogP contribution in [0, 0.1) is 5.82 Å². The fourth-order valence-corrected chi connectivity index (χ4v) is 2.49. The van der Waals surface area contributed by atoms with Crippen molar-refractivity contribution in [3.63, 3.8) is 0 Å². The highest BCUT2D eigenvalue weighted by molar-refractivity contribution is 6.34. The van der Waals surface area contributed by atoms with E-state index in [2.05, 4.69) is 5.32 Å². The number of fused-ring (bicyclic) bond motifs is 1. The van der Waals surface area contributed by atoms with Gasteiger partial charge in [-0.3, -0.25) is 0 Å². The summed E-state index contributed by atoms with van der Waals surface area (Å²) in [7, 11) is 0. The summed E-state index contributed by atoms with van der Waals surface area (Å²) in [5.74, 6) is 0.381. The molecule has 0 bridgehead atoms. The van der Waals surface area contributed by atoms with Crippen LogP contribution >= 0.6 is 11.6 Å². The first kappa shape index (κ1) is 14.1. The number of halogens is 2. The van der Waals surface area contributed by atoms with Crippen molar-refractivity contribution in [2.24, 2.45) is 0 Å². The lowest BCUT2D eigenvalue weighted by Gasteiger charge is -2.05. The standard InChI is InChI=1S/C17H15ClFNO/c1-2-20-10-13-7-6-11(8-15(13)19)16-9-12-4-3-5-14(18)17(12)21-16/h3-9,20H,2,10H2,1H3. The molecule has 21 heavy (non-hydrogen) atoms. The van der Waals surface area contributed by atoms with Crippen molar-refractivity contribution < 1.29 is 8.81 Å². The molecule has 2 aromatic carbocycles. The Bertz CT molecular complexity index is 782. The van der Waals surface area contributed by atoms with E-state index in [-0.39, 0.29) is 5.82 Å². The molecule has 4 heteroatoms. The van der Waals surface area contributed by atoms with Gasteiger partial charge in [-0.25, -0.2) is 4.39 Å². The maximum Gasteiger partial charge on any atom is 0.153 e. The lowest BCUT2D eigenvalue weighted by Crippen LogP contribution is -2.12. The number of hydrogen-bond acceptors (Lipinski definition) is 2. The zero-order chi connectivity index (χ0) is 14.8. The first-order valence-corrected chi connectivity index (χ1v) is 7.24. The molecule has 0 unspecified atom stereocenters. The van der Waals surface area contributed by atoms with Crippen LogP contribution in [0.3, 0.4) is 0 Å². The Morgan fingerprint density at radius 1 is 1.19 bits per heavy atom. The minimum atomic E-state index is -0.236. The normalized spacial score (nSPS) is 11.2. The molecule has 0 saturated carbocycles. The summed E-state index contributed by atoms with van der Waals surface area (Å²) in [6.45, 7) is 3.32. The molecule has 2 nitrogen and oxygen atoms in total. The highest BCUT2D eigenvalue weighted by atomic mass is 35.5. The second kappa shape index (κ2) is 5.88. The SMILES string of the molecule is CCNCc1ccc(-c2cc3cccc(Cl)c3o2)cc1F. The van der Waals surface area contributed by atoms with Crippen LogP contribution in [0.1, 0.15) is 12.5 Å². The molecule has 3 aromatic rings. The van der Waals surface area contributed by atoms with E-state index in [9.17, 15) is 4.39 Å². The van der Waals surface area contributed by atoms with E-state index in [1.807, 2.05) is 31.2 Å². The average Bonchev–Trinajstić information content (AvgIpc) is 2.91. The van der Waals surface area contributed by atoms with Crippen molar-refractivity contribution in [2.75, 3.05) is 6.54 Å². The largest absolute Gasteiger partial charge is 0.455 e. The van der Waals surface area contributed by atoms with E-state index in [4.69, 9.17) is 16.0 Å². The van der Waals surface area contributed by atoms with Gasteiger partial charge in [0.2, 0.25) is 0 Å². The molecule has 0 amide bonds. The van der Waals surface area contributed by atoms with E-state index in [0.29, 0.717) is 34.0 Å². The lowest BCUT2D eigenvalue weighted by molar-refractivity contribution is 0.591. The number of nitrogens with one attached hydrogen (secondary N) is 1. The molecule has 0 fully saturated rings. The summed E-state index contributed by atoms with van der Waals surface area (Å²) >= 11 is 6.10. The average molecular weight is 304 g/mol. The van der Waals surface area contributed by atoms with Crippen molar-refractivity contribution in [3.8, 4) is 11.3 Å². The number of furan rings is 1. The highest BCUT2D eigenvalue weighted by Gasteiger charge is 2.11. The molecule has 1 heterocycles. The minimum Gasteiger partial charge on any atom is -0.455 e. The predicted octanol–water partition coefficient (Wildman–Crippen LogP) is 5.00. The molecule has 108 valence electrons. The van der Waals surface area contributed by atoms with Crippen LogP contribution in [0.4, 0.5) is 4.39 Å². The first-order valence-electron chi connectivity index (χ1n) is 6.86. The van der Waals surface area contributed by atoms with E-state index < -0.39 is 0 Å². The smallest absolute Gasteiger partial charge is 0.153 e. The Morgan fingerprint density at radius 2 is 2.05 bits per heavy atom. The molecule has 3 rings (SSSR count). The van der Waals surface area contributed by atoms with Gasteiger partial charge in [0.25, 0.3) is 0 Å². The monoisotopic (exact) mass is 303 g/mol. The third-order valence-electron chi connectivity index (χ3n) is 3.40. The minimum absolute atomic E-state index is 0.236. The Hall–Kier alpha value is -1.84. The Labute approximate surface area is 127 Å². The van der Waals surface area contributed by atoms with Gasteiger partial charge >= 0.3 is 0 Å². The maximum absolute atomic E-state index is 14.1. The molecule has 1 aromatic heterocycles. The molecule has 0 aliphatic carbocycles. The topological polar surface area (TPSA) is 25.2 Å². The van der Waals surface area contributed by atoms with Gasteiger partial charge in [-0.2, -0.15) is 0 Å². The molecule has 0 spiro atoms. The van der Waals surface area contributed by atoms with Gasteiger partial charge in [0, 0.05) is 23.1 Å². The van der Waals surface area contributed by atoms with Crippen molar-refractivity contribution in [2.45, 2.75) is 13.5 Å². The third-order valence-corrected chi connectivity index (χ3v) is 3.70. The van der Waals surface area contributed by atoms with Gasteiger partial charge in [0.1, 0.15) is 11.6 Å². The van der Waals surface area contributed by atoms with Crippen molar-refractivity contribution in [1.29, 1.82) is 0 Å². The van der Waals surface area contributed by atoms with Gasteiger partial charge in [-0.1, -0.05) is 42.8 Å². The summed E-state index contributed by atoms with van der Waals surface area (Å²) in [4.78, 5) is 0. The highest BCUT2D eigenvalue weighted by Crippen LogP contribution is 2.32. The third kappa shape index (κ3) is 2.80. The zero-order valence-electron chi connectivity index (χ0n) is 11.6. The van der Waals surface area contributed by atoms with E-state index >= 15 is 0 Å². The second-order valence-electron chi connectivity index (χ2n) is 4.86.